The van der Waals surface area contributed by atoms with Gasteiger partial charge in [0.2, 0.25) is 9.84 Å². The van der Waals surface area contributed by atoms with Gasteiger partial charge in [0.25, 0.3) is 0 Å². The smallest absolute Gasteiger partial charge is 0.250 e. The molecule has 0 aliphatic carbocycles. The molecule has 1 aliphatic rings. The van der Waals surface area contributed by atoms with Crippen LogP contribution in [0.4, 0.5) is 17.6 Å². The highest BCUT2D eigenvalue weighted by Crippen LogP contribution is 2.42. The van der Waals surface area contributed by atoms with Gasteiger partial charge in [0.1, 0.15) is 12.8 Å². The third kappa shape index (κ3) is 1.10. The Kier molecular flexibility index (Phi) is 2.10. The highest BCUT2D eigenvalue weighted by molar-refractivity contribution is 7.92. The number of halogens is 4. The Hall–Kier alpha value is -0.330. The van der Waals surface area contributed by atoms with Crippen molar-refractivity contribution in [2.24, 2.45) is 5.92 Å². The molecule has 72 valence electrons. The Morgan fingerprint density at radius 3 is 2.08 bits per heavy atom. The second-order valence-corrected chi connectivity index (χ2v) is 4.73. The van der Waals surface area contributed by atoms with Crippen LogP contribution in [-0.2, 0) is 9.84 Å². The van der Waals surface area contributed by atoms with Crippen molar-refractivity contribution in [1.82, 2.24) is 0 Å². The van der Waals surface area contributed by atoms with E-state index >= 15 is 0 Å². The molecule has 1 aliphatic heterocycles. The van der Waals surface area contributed by atoms with Crippen LogP contribution in [0.25, 0.3) is 0 Å². The van der Waals surface area contributed by atoms with Crippen LogP contribution in [0, 0.1) is 5.92 Å². The van der Waals surface area contributed by atoms with Crippen LogP contribution in [0.1, 0.15) is 0 Å². The standard InChI is InChI=1S/C5H6F4O2S/c6-1-3-4(7)2-12(10,11)5(3,8)9/h3-4H,1-2H2. The Balaban J connectivity index is 3.09. The largest absolute Gasteiger partial charge is 0.353 e. The van der Waals surface area contributed by atoms with Crippen molar-refractivity contribution in [2.45, 2.75) is 11.4 Å². The molecule has 0 aromatic carbocycles. The molecule has 1 fully saturated rings. The van der Waals surface area contributed by atoms with E-state index in [2.05, 4.69) is 0 Å². The van der Waals surface area contributed by atoms with E-state index in [0.717, 1.165) is 0 Å². The maximum atomic E-state index is 12.6. The number of rotatable bonds is 1. The lowest BCUT2D eigenvalue weighted by Crippen LogP contribution is -2.33. The Labute approximate surface area is 66.5 Å². The van der Waals surface area contributed by atoms with Gasteiger partial charge in [0, 0.05) is 0 Å². The van der Waals surface area contributed by atoms with Crippen LogP contribution < -0.4 is 0 Å². The summed E-state index contributed by atoms with van der Waals surface area (Å²) in [6, 6.07) is 0. The Bertz CT molecular complexity index is 273. The van der Waals surface area contributed by atoms with Crippen molar-refractivity contribution in [2.75, 3.05) is 12.4 Å². The molecule has 12 heavy (non-hydrogen) atoms. The van der Waals surface area contributed by atoms with E-state index < -0.39 is 39.6 Å². The topological polar surface area (TPSA) is 34.1 Å². The minimum Gasteiger partial charge on any atom is -0.250 e. The first-order valence-electron chi connectivity index (χ1n) is 3.13. The molecule has 7 heteroatoms. The molecule has 1 heterocycles. The van der Waals surface area contributed by atoms with Gasteiger partial charge < -0.3 is 0 Å². The summed E-state index contributed by atoms with van der Waals surface area (Å²) in [6.07, 6.45) is -2.30. The predicted molar refractivity (Wildman–Crippen MR) is 33.1 cm³/mol. The molecule has 0 aromatic rings. The predicted octanol–water partition coefficient (Wildman–Crippen LogP) is 0.931. The highest BCUT2D eigenvalue weighted by Gasteiger charge is 2.62. The Morgan fingerprint density at radius 1 is 1.42 bits per heavy atom. The summed E-state index contributed by atoms with van der Waals surface area (Å²) < 4.78 is 70.4. The summed E-state index contributed by atoms with van der Waals surface area (Å²) in [7, 11) is -4.78. The van der Waals surface area contributed by atoms with Gasteiger partial charge in [-0.25, -0.2) is 12.8 Å². The van der Waals surface area contributed by atoms with Crippen molar-refractivity contribution < 1.29 is 26.0 Å². The van der Waals surface area contributed by atoms with Crippen LogP contribution in [0.15, 0.2) is 0 Å². The normalized spacial score (nSPS) is 38.3. The third-order valence-electron chi connectivity index (χ3n) is 1.83. The molecule has 0 bridgehead atoms. The minimum atomic E-state index is -4.78. The van der Waals surface area contributed by atoms with Crippen LogP contribution in [0.5, 0.6) is 0 Å². The highest BCUT2D eigenvalue weighted by atomic mass is 32.2. The molecule has 1 rings (SSSR count). The average Bonchev–Trinajstić information content (AvgIpc) is 1.99. The van der Waals surface area contributed by atoms with E-state index in [1.807, 2.05) is 0 Å². The fourth-order valence-electron chi connectivity index (χ4n) is 1.06. The molecule has 2 nitrogen and oxygen atoms in total. The molecule has 0 radical (unpaired) electrons. The lowest BCUT2D eigenvalue weighted by atomic mass is 10.1. The van der Waals surface area contributed by atoms with Gasteiger partial charge in [-0.15, -0.1) is 0 Å². The van der Waals surface area contributed by atoms with Gasteiger partial charge in [0.15, 0.2) is 0 Å². The number of sulfone groups is 1. The maximum Gasteiger partial charge on any atom is 0.353 e. The fraction of sp³-hybridized carbons (Fsp3) is 1.00. The summed E-state index contributed by atoms with van der Waals surface area (Å²) >= 11 is 0. The second-order valence-electron chi connectivity index (χ2n) is 2.62. The molecule has 0 amide bonds. The molecule has 0 saturated carbocycles. The zero-order valence-electron chi connectivity index (χ0n) is 5.81. The molecule has 0 spiro atoms. The summed E-state index contributed by atoms with van der Waals surface area (Å²) in [6.45, 7) is -1.66. The second kappa shape index (κ2) is 2.58. The van der Waals surface area contributed by atoms with Crippen LogP contribution in [0.2, 0.25) is 0 Å². The first-order valence-corrected chi connectivity index (χ1v) is 4.78. The summed E-state index contributed by atoms with van der Waals surface area (Å²) in [5.41, 5.74) is 0. The molecule has 0 aromatic heterocycles. The van der Waals surface area contributed by atoms with Crippen molar-refractivity contribution >= 4 is 9.84 Å². The summed E-state index contributed by atoms with van der Waals surface area (Å²) in [5.74, 6) is -3.61. The first kappa shape index (κ1) is 9.76. The minimum absolute atomic E-state index is 1.28. The number of hydrogen-bond donors (Lipinski definition) is 0. The molecular formula is C5H6F4O2S. The lowest BCUT2D eigenvalue weighted by molar-refractivity contribution is -0.00188. The lowest BCUT2D eigenvalue weighted by Gasteiger charge is -2.14. The monoisotopic (exact) mass is 206 g/mol. The SMILES string of the molecule is O=S1(=O)CC(F)C(CF)C1(F)F. The zero-order chi connectivity index (χ0) is 9.57. The van der Waals surface area contributed by atoms with E-state index in [0.29, 0.717) is 0 Å². The molecular weight excluding hydrogens is 200 g/mol. The van der Waals surface area contributed by atoms with Crippen LogP contribution >= 0.6 is 0 Å². The van der Waals surface area contributed by atoms with Crippen LogP contribution in [-0.4, -0.2) is 32.3 Å². The zero-order valence-corrected chi connectivity index (χ0v) is 6.62. The van der Waals surface area contributed by atoms with E-state index in [4.69, 9.17) is 0 Å². The number of alkyl halides is 4. The number of hydrogen-bond acceptors (Lipinski definition) is 2. The molecule has 2 unspecified atom stereocenters. The quantitative estimate of drug-likeness (QED) is 0.598. The summed E-state index contributed by atoms with van der Waals surface area (Å²) in [5, 5.41) is -4.25. The third-order valence-corrected chi connectivity index (χ3v) is 3.72. The van der Waals surface area contributed by atoms with E-state index in [1.165, 1.54) is 0 Å². The van der Waals surface area contributed by atoms with Gasteiger partial charge in [-0.05, 0) is 0 Å². The van der Waals surface area contributed by atoms with E-state index in [1.54, 1.807) is 0 Å². The molecule has 2 atom stereocenters. The van der Waals surface area contributed by atoms with Crippen molar-refractivity contribution in [3.63, 3.8) is 0 Å². The van der Waals surface area contributed by atoms with E-state index in [-0.39, 0.29) is 0 Å². The molecule has 1 saturated heterocycles. The van der Waals surface area contributed by atoms with Gasteiger partial charge in [-0.1, -0.05) is 0 Å². The van der Waals surface area contributed by atoms with Gasteiger partial charge in [0.05, 0.1) is 11.7 Å². The average molecular weight is 206 g/mol. The first-order chi connectivity index (χ1) is 5.33. The van der Waals surface area contributed by atoms with Gasteiger partial charge in [-0.3, -0.25) is 4.39 Å². The van der Waals surface area contributed by atoms with Crippen molar-refractivity contribution in [1.29, 1.82) is 0 Å². The summed E-state index contributed by atoms with van der Waals surface area (Å²) in [4.78, 5) is 0. The van der Waals surface area contributed by atoms with Gasteiger partial charge in [-0.2, -0.15) is 8.78 Å². The van der Waals surface area contributed by atoms with Crippen LogP contribution in [0.3, 0.4) is 0 Å². The fourth-order valence-corrected chi connectivity index (χ4v) is 2.61. The van der Waals surface area contributed by atoms with Gasteiger partial charge >= 0.3 is 5.25 Å². The van der Waals surface area contributed by atoms with Crippen molar-refractivity contribution in [3.8, 4) is 0 Å². The Morgan fingerprint density at radius 2 is 1.92 bits per heavy atom. The maximum absolute atomic E-state index is 12.6. The molecule has 0 N–H and O–H groups in total. The van der Waals surface area contributed by atoms with E-state index in [9.17, 15) is 26.0 Å². The van der Waals surface area contributed by atoms with Crippen molar-refractivity contribution in [3.05, 3.63) is 0 Å².